The Labute approximate surface area is 148 Å². The minimum atomic E-state index is -0.0817. The monoisotopic (exact) mass is 353 g/mol. The van der Waals surface area contributed by atoms with Gasteiger partial charge in [-0.1, -0.05) is 18.2 Å². The third kappa shape index (κ3) is 4.12. The van der Waals surface area contributed by atoms with Gasteiger partial charge in [-0.25, -0.2) is 0 Å². The fourth-order valence-corrected chi connectivity index (χ4v) is 2.29. The highest BCUT2D eigenvalue weighted by molar-refractivity contribution is 7.80. The van der Waals surface area contributed by atoms with E-state index in [9.17, 15) is 10.2 Å². The lowest BCUT2D eigenvalue weighted by atomic mass is 10.2. The molecule has 0 saturated heterocycles. The number of phenolic OH excluding ortho intramolecular Hbond substituents is 2. The van der Waals surface area contributed by atoms with Crippen LogP contribution in [0.5, 0.6) is 11.5 Å². The average molecular weight is 353 g/mol. The van der Waals surface area contributed by atoms with E-state index in [0.29, 0.717) is 5.56 Å². The van der Waals surface area contributed by atoms with E-state index in [1.165, 1.54) is 24.4 Å². The molecule has 0 radical (unpaired) electrons. The SMILES string of the molecule is Oc1ccc(/C=N/NC(=S)N/N=C/c2c[nH]c3ccccc23)c(O)c1. The van der Waals surface area contributed by atoms with Gasteiger partial charge < -0.3 is 15.2 Å². The Balaban J connectivity index is 1.55. The van der Waals surface area contributed by atoms with Crippen molar-refractivity contribution in [1.29, 1.82) is 0 Å². The van der Waals surface area contributed by atoms with E-state index in [1.807, 2.05) is 30.5 Å². The number of nitrogens with zero attached hydrogens (tertiary/aromatic N) is 2. The molecule has 0 spiro atoms. The molecule has 0 aliphatic rings. The van der Waals surface area contributed by atoms with Crippen LogP contribution < -0.4 is 10.9 Å². The average Bonchev–Trinajstić information content (AvgIpc) is 3.00. The Hall–Kier alpha value is -3.39. The maximum atomic E-state index is 9.64. The Bertz CT molecular complexity index is 965. The maximum Gasteiger partial charge on any atom is 0.207 e. The number of para-hydroxylation sites is 1. The van der Waals surface area contributed by atoms with Crippen molar-refractivity contribution >= 4 is 40.7 Å². The van der Waals surface area contributed by atoms with Gasteiger partial charge in [0.1, 0.15) is 11.5 Å². The first kappa shape index (κ1) is 16.5. The molecule has 0 bridgehead atoms. The number of nitrogens with one attached hydrogen (secondary N) is 3. The first-order chi connectivity index (χ1) is 12.1. The third-order valence-corrected chi connectivity index (χ3v) is 3.56. The lowest BCUT2D eigenvalue weighted by Gasteiger charge is -2.02. The highest BCUT2D eigenvalue weighted by Crippen LogP contribution is 2.20. The Morgan fingerprint density at radius 3 is 2.48 bits per heavy atom. The van der Waals surface area contributed by atoms with E-state index in [1.54, 1.807) is 6.21 Å². The van der Waals surface area contributed by atoms with Crippen LogP contribution in [0.4, 0.5) is 0 Å². The highest BCUT2D eigenvalue weighted by Gasteiger charge is 2.00. The smallest absolute Gasteiger partial charge is 0.207 e. The number of rotatable bonds is 4. The quantitative estimate of drug-likeness (QED) is 0.281. The van der Waals surface area contributed by atoms with E-state index >= 15 is 0 Å². The van der Waals surface area contributed by atoms with Gasteiger partial charge in [-0.05, 0) is 30.4 Å². The summed E-state index contributed by atoms with van der Waals surface area (Å²) >= 11 is 5.05. The number of hydrogen-bond donors (Lipinski definition) is 5. The lowest BCUT2D eigenvalue weighted by molar-refractivity contribution is 0.450. The molecule has 126 valence electrons. The zero-order valence-corrected chi connectivity index (χ0v) is 13.8. The van der Waals surface area contributed by atoms with Crippen LogP contribution in [0.2, 0.25) is 0 Å². The molecule has 0 unspecified atom stereocenters. The number of benzene rings is 2. The van der Waals surface area contributed by atoms with Crippen molar-refractivity contribution in [1.82, 2.24) is 15.8 Å². The van der Waals surface area contributed by atoms with Crippen LogP contribution in [0.15, 0.2) is 58.9 Å². The number of aromatic amines is 1. The second-order valence-electron chi connectivity index (χ2n) is 5.10. The maximum absolute atomic E-state index is 9.64. The van der Waals surface area contributed by atoms with Crippen molar-refractivity contribution in [3.05, 3.63) is 59.8 Å². The molecule has 5 N–H and O–H groups in total. The van der Waals surface area contributed by atoms with Crippen LogP contribution in [0.1, 0.15) is 11.1 Å². The second-order valence-corrected chi connectivity index (χ2v) is 5.51. The molecule has 0 amide bonds. The zero-order chi connectivity index (χ0) is 17.6. The van der Waals surface area contributed by atoms with Crippen LogP contribution >= 0.6 is 12.2 Å². The molecule has 2 aromatic carbocycles. The topological polar surface area (TPSA) is 105 Å². The van der Waals surface area contributed by atoms with Gasteiger partial charge in [-0.2, -0.15) is 10.2 Å². The molecule has 25 heavy (non-hydrogen) atoms. The molecule has 3 rings (SSSR count). The second kappa shape index (κ2) is 7.45. The summed E-state index contributed by atoms with van der Waals surface area (Å²) in [4.78, 5) is 3.16. The lowest BCUT2D eigenvalue weighted by Crippen LogP contribution is -2.28. The van der Waals surface area contributed by atoms with Crippen LogP contribution in [0, 0.1) is 0 Å². The number of phenols is 2. The van der Waals surface area contributed by atoms with Crippen molar-refractivity contribution in [2.45, 2.75) is 0 Å². The number of aromatic nitrogens is 1. The van der Waals surface area contributed by atoms with Crippen molar-refractivity contribution in [2.24, 2.45) is 10.2 Å². The van der Waals surface area contributed by atoms with Crippen molar-refractivity contribution in [2.75, 3.05) is 0 Å². The zero-order valence-electron chi connectivity index (χ0n) is 13.0. The summed E-state index contributed by atoms with van der Waals surface area (Å²) in [6.07, 6.45) is 4.90. The molecule has 0 aliphatic carbocycles. The molecule has 0 saturated carbocycles. The summed E-state index contributed by atoms with van der Waals surface area (Å²) in [5, 5.41) is 28.1. The van der Waals surface area contributed by atoms with Gasteiger partial charge in [0, 0.05) is 34.3 Å². The van der Waals surface area contributed by atoms with Gasteiger partial charge >= 0.3 is 0 Å². The van der Waals surface area contributed by atoms with E-state index in [4.69, 9.17) is 12.2 Å². The van der Waals surface area contributed by atoms with E-state index in [2.05, 4.69) is 26.0 Å². The summed E-state index contributed by atoms with van der Waals surface area (Å²) < 4.78 is 0. The van der Waals surface area contributed by atoms with Crippen molar-refractivity contribution in [3.8, 4) is 11.5 Å². The minimum Gasteiger partial charge on any atom is -0.508 e. The molecule has 8 heteroatoms. The molecule has 7 nitrogen and oxygen atoms in total. The number of hydrogen-bond acceptors (Lipinski definition) is 5. The van der Waals surface area contributed by atoms with E-state index in [-0.39, 0.29) is 16.6 Å². The summed E-state index contributed by atoms with van der Waals surface area (Å²) in [6.45, 7) is 0. The van der Waals surface area contributed by atoms with E-state index in [0.717, 1.165) is 16.5 Å². The standard InChI is InChI=1S/C17H15N5O2S/c23-13-6-5-11(16(24)7-13)9-19-21-17(25)22-20-10-12-8-18-15-4-2-1-3-14(12)15/h1-10,18,23-24H,(H2,21,22,25)/b19-9+,20-10+. The molecule has 0 aliphatic heterocycles. The van der Waals surface area contributed by atoms with Gasteiger partial charge in [0.15, 0.2) is 0 Å². The first-order valence-corrected chi connectivity index (χ1v) is 7.74. The van der Waals surface area contributed by atoms with Crippen LogP contribution in [0.25, 0.3) is 10.9 Å². The molecule has 3 aromatic rings. The normalized spacial score (nSPS) is 11.4. The third-order valence-electron chi connectivity index (χ3n) is 3.37. The van der Waals surface area contributed by atoms with Gasteiger partial charge in [-0.15, -0.1) is 0 Å². The largest absolute Gasteiger partial charge is 0.508 e. The number of thiocarbonyl (C=S) groups is 1. The predicted molar refractivity (Wildman–Crippen MR) is 102 cm³/mol. The fraction of sp³-hybridized carbons (Fsp3) is 0. The van der Waals surface area contributed by atoms with Crippen molar-refractivity contribution < 1.29 is 10.2 Å². The van der Waals surface area contributed by atoms with Crippen LogP contribution in [-0.2, 0) is 0 Å². The number of fused-ring (bicyclic) bond motifs is 1. The number of hydrazone groups is 2. The van der Waals surface area contributed by atoms with Gasteiger partial charge in [0.2, 0.25) is 5.11 Å². The van der Waals surface area contributed by atoms with E-state index < -0.39 is 0 Å². The minimum absolute atomic E-state index is 0.0218. The summed E-state index contributed by atoms with van der Waals surface area (Å²) in [7, 11) is 0. The summed E-state index contributed by atoms with van der Waals surface area (Å²) in [5.41, 5.74) is 7.64. The van der Waals surface area contributed by atoms with Gasteiger partial charge in [0.05, 0.1) is 12.4 Å². The molecular weight excluding hydrogens is 338 g/mol. The Morgan fingerprint density at radius 2 is 1.72 bits per heavy atom. The Morgan fingerprint density at radius 1 is 1.00 bits per heavy atom. The highest BCUT2D eigenvalue weighted by atomic mass is 32.1. The van der Waals surface area contributed by atoms with Crippen molar-refractivity contribution in [3.63, 3.8) is 0 Å². The number of H-pyrrole nitrogens is 1. The molecule has 1 aromatic heterocycles. The first-order valence-electron chi connectivity index (χ1n) is 7.34. The molecule has 0 atom stereocenters. The van der Waals surface area contributed by atoms with Crippen LogP contribution in [-0.4, -0.2) is 32.7 Å². The molecular formula is C17H15N5O2S. The Kier molecular flexibility index (Phi) is 4.91. The molecule has 0 fully saturated rings. The number of aromatic hydroxyl groups is 2. The van der Waals surface area contributed by atoms with Gasteiger partial charge in [-0.3, -0.25) is 10.9 Å². The predicted octanol–water partition coefficient (Wildman–Crippen LogP) is 2.41. The summed E-state index contributed by atoms with van der Waals surface area (Å²) in [6, 6.07) is 12.1. The fourth-order valence-electron chi connectivity index (χ4n) is 2.19. The summed E-state index contributed by atoms with van der Waals surface area (Å²) in [5.74, 6) is -0.104. The molecule has 1 heterocycles. The van der Waals surface area contributed by atoms with Gasteiger partial charge in [0.25, 0.3) is 0 Å². The van der Waals surface area contributed by atoms with Crippen LogP contribution in [0.3, 0.4) is 0 Å².